The summed E-state index contributed by atoms with van der Waals surface area (Å²) in [5.74, 6) is 1.21. The van der Waals surface area contributed by atoms with Crippen LogP contribution in [-0.2, 0) is 0 Å². The fourth-order valence-corrected chi connectivity index (χ4v) is 3.54. The molecule has 0 spiro atoms. The first-order chi connectivity index (χ1) is 11.1. The van der Waals surface area contributed by atoms with Crippen molar-refractivity contribution in [1.82, 2.24) is 0 Å². The Morgan fingerprint density at radius 2 is 2.08 bits per heavy atom. The van der Waals surface area contributed by atoms with E-state index in [9.17, 15) is 4.79 Å². The Morgan fingerprint density at radius 1 is 1.25 bits per heavy atom. The molecule has 24 heavy (non-hydrogen) atoms. The number of hydrogen-bond donors (Lipinski definition) is 0. The van der Waals surface area contributed by atoms with Crippen LogP contribution < -0.4 is 4.90 Å². The van der Waals surface area contributed by atoms with Crippen molar-refractivity contribution in [2.45, 2.75) is 33.1 Å². The summed E-state index contributed by atoms with van der Waals surface area (Å²) in [6.45, 7) is 5.42. The van der Waals surface area contributed by atoms with Crippen LogP contribution in [0.4, 0.5) is 5.69 Å². The van der Waals surface area contributed by atoms with Gasteiger partial charge in [0, 0.05) is 18.7 Å². The first-order valence-electron chi connectivity index (χ1n) is 8.10. The highest BCUT2D eigenvalue weighted by atomic mass is 79.9. The van der Waals surface area contributed by atoms with Crippen LogP contribution in [-0.4, -0.2) is 24.7 Å². The van der Waals surface area contributed by atoms with Crippen LogP contribution in [0.2, 0.25) is 0 Å². The number of aliphatic imine (C=N–C) groups is 1. The number of Topliss-reactive ketones (excluding diaryl/α,β-unsaturated/α-hetero) is 1. The molecule has 128 valence electrons. The van der Waals surface area contributed by atoms with Crippen LogP contribution in [0.5, 0.6) is 0 Å². The zero-order valence-corrected chi connectivity index (χ0v) is 16.6. The summed E-state index contributed by atoms with van der Waals surface area (Å²) in [7, 11) is 0. The lowest BCUT2D eigenvalue weighted by atomic mass is 10.1. The molecule has 3 nitrogen and oxygen atoms in total. The van der Waals surface area contributed by atoms with E-state index < -0.39 is 0 Å². The average molecular weight is 407 g/mol. The molecule has 0 fully saturated rings. The lowest BCUT2D eigenvalue weighted by molar-refractivity contribution is 0.101. The van der Waals surface area contributed by atoms with Crippen molar-refractivity contribution in [3.63, 3.8) is 0 Å². The van der Waals surface area contributed by atoms with Gasteiger partial charge in [0.05, 0.1) is 11.4 Å². The molecule has 0 unspecified atom stereocenters. The third-order valence-electron chi connectivity index (χ3n) is 4.17. The minimum Gasteiger partial charge on any atom is -0.322 e. The Balaban J connectivity index is 0.00000208. The normalized spacial score (nSPS) is 13.8. The maximum absolute atomic E-state index is 12.6. The van der Waals surface area contributed by atoms with E-state index in [-0.39, 0.29) is 22.8 Å². The van der Waals surface area contributed by atoms with Crippen molar-refractivity contribution in [3.05, 3.63) is 51.7 Å². The molecule has 1 aromatic carbocycles. The van der Waals surface area contributed by atoms with Crippen molar-refractivity contribution in [1.29, 1.82) is 0 Å². The molecule has 0 saturated carbocycles. The fourth-order valence-electron chi connectivity index (χ4n) is 2.89. The van der Waals surface area contributed by atoms with E-state index in [0.717, 1.165) is 42.2 Å². The summed E-state index contributed by atoms with van der Waals surface area (Å²) in [6, 6.07) is 10.2. The number of benzene rings is 1. The molecule has 1 aromatic heterocycles. The van der Waals surface area contributed by atoms with E-state index >= 15 is 0 Å². The van der Waals surface area contributed by atoms with E-state index in [4.69, 9.17) is 4.99 Å². The van der Waals surface area contributed by atoms with E-state index in [1.165, 1.54) is 22.5 Å². The van der Waals surface area contributed by atoms with Crippen LogP contribution in [0.15, 0.2) is 40.7 Å². The van der Waals surface area contributed by atoms with Crippen LogP contribution in [0.25, 0.3) is 0 Å². The molecule has 0 radical (unpaired) electrons. The standard InChI is InChI=1S/C19H22N2OS.BrH/c1-14-8-9-15(2)16(12-14)21(19-7-3-4-10-20-19)13-17(22)18-6-5-11-23-18;/h5-6,8-9,11-12H,3-4,7,10,13H2,1-2H3;1H. The van der Waals surface area contributed by atoms with Gasteiger partial charge in [-0.3, -0.25) is 9.79 Å². The Kier molecular flexibility index (Phi) is 6.75. The SMILES string of the molecule is Br.Cc1ccc(C)c(N(CC(=O)c2cccs2)C2=NCCCC2)c1. The average Bonchev–Trinajstić information content (AvgIpc) is 3.10. The smallest absolute Gasteiger partial charge is 0.192 e. The Bertz CT molecular complexity index is 725. The molecular formula is C19H23BrN2OS. The van der Waals surface area contributed by atoms with Crippen LogP contribution in [0.3, 0.4) is 0 Å². The molecule has 0 atom stereocenters. The topological polar surface area (TPSA) is 32.7 Å². The number of anilines is 1. The van der Waals surface area contributed by atoms with E-state index in [1.54, 1.807) is 0 Å². The van der Waals surface area contributed by atoms with Crippen LogP contribution in [0, 0.1) is 13.8 Å². The number of halogens is 1. The van der Waals surface area contributed by atoms with Gasteiger partial charge in [0.1, 0.15) is 5.84 Å². The van der Waals surface area contributed by atoms with Gasteiger partial charge in [0.15, 0.2) is 5.78 Å². The lowest BCUT2D eigenvalue weighted by Gasteiger charge is -2.29. The van der Waals surface area contributed by atoms with E-state index in [1.807, 2.05) is 17.5 Å². The van der Waals surface area contributed by atoms with Crippen molar-refractivity contribution in [3.8, 4) is 0 Å². The number of rotatable bonds is 4. The maximum Gasteiger partial charge on any atom is 0.192 e. The summed E-state index contributed by atoms with van der Waals surface area (Å²) >= 11 is 1.51. The van der Waals surface area contributed by atoms with Crippen molar-refractivity contribution < 1.29 is 4.79 Å². The third kappa shape index (κ3) is 4.33. The highest BCUT2D eigenvalue weighted by Crippen LogP contribution is 2.25. The van der Waals surface area contributed by atoms with Crippen molar-refractivity contribution in [2.75, 3.05) is 18.0 Å². The van der Waals surface area contributed by atoms with E-state index in [0.29, 0.717) is 6.54 Å². The fraction of sp³-hybridized carbons (Fsp3) is 0.368. The number of thiophene rings is 1. The molecule has 5 heteroatoms. The number of nitrogens with zero attached hydrogens (tertiary/aromatic N) is 2. The Hall–Kier alpha value is -1.46. The van der Waals surface area contributed by atoms with Crippen LogP contribution in [0.1, 0.15) is 40.1 Å². The molecule has 0 N–H and O–H groups in total. The number of carbonyl (C=O) groups excluding carboxylic acids is 1. The highest BCUT2D eigenvalue weighted by molar-refractivity contribution is 8.93. The highest BCUT2D eigenvalue weighted by Gasteiger charge is 2.21. The lowest BCUT2D eigenvalue weighted by Crippen LogP contribution is -2.37. The number of aryl methyl sites for hydroxylation is 2. The molecule has 2 heterocycles. The maximum atomic E-state index is 12.6. The van der Waals surface area contributed by atoms with Gasteiger partial charge in [-0.05, 0) is 55.3 Å². The second kappa shape index (κ2) is 8.58. The second-order valence-corrected chi connectivity index (χ2v) is 6.98. The van der Waals surface area contributed by atoms with Gasteiger partial charge in [0.25, 0.3) is 0 Å². The molecular weight excluding hydrogens is 384 g/mol. The predicted octanol–water partition coefficient (Wildman–Crippen LogP) is 5.21. The number of amidine groups is 1. The Morgan fingerprint density at radius 3 is 2.75 bits per heavy atom. The molecule has 2 aromatic rings. The quantitative estimate of drug-likeness (QED) is 0.652. The Labute approximate surface area is 158 Å². The number of carbonyl (C=O) groups is 1. The molecule has 0 saturated heterocycles. The van der Waals surface area contributed by atoms with Gasteiger partial charge in [0.2, 0.25) is 0 Å². The molecule has 0 bridgehead atoms. The second-order valence-electron chi connectivity index (χ2n) is 6.03. The predicted molar refractivity (Wildman–Crippen MR) is 108 cm³/mol. The summed E-state index contributed by atoms with van der Waals surface area (Å²) < 4.78 is 0. The van der Waals surface area contributed by atoms with Crippen molar-refractivity contribution in [2.24, 2.45) is 4.99 Å². The van der Waals surface area contributed by atoms with Gasteiger partial charge >= 0.3 is 0 Å². The van der Waals surface area contributed by atoms with E-state index in [2.05, 4.69) is 36.9 Å². The van der Waals surface area contributed by atoms with Gasteiger partial charge in [-0.25, -0.2) is 0 Å². The molecule has 0 aliphatic carbocycles. The minimum absolute atomic E-state index is 0. The monoisotopic (exact) mass is 406 g/mol. The molecule has 1 aliphatic rings. The first-order valence-corrected chi connectivity index (χ1v) is 8.98. The molecule has 1 aliphatic heterocycles. The largest absolute Gasteiger partial charge is 0.322 e. The number of ketones is 1. The van der Waals surface area contributed by atoms with Crippen molar-refractivity contribution >= 4 is 45.6 Å². The molecule has 0 amide bonds. The van der Waals surface area contributed by atoms with Gasteiger partial charge < -0.3 is 4.90 Å². The minimum atomic E-state index is 0. The number of hydrogen-bond acceptors (Lipinski definition) is 4. The summed E-state index contributed by atoms with van der Waals surface area (Å²) in [5.41, 5.74) is 3.49. The first kappa shape index (κ1) is 18.9. The zero-order valence-electron chi connectivity index (χ0n) is 14.1. The summed E-state index contributed by atoms with van der Waals surface area (Å²) in [6.07, 6.45) is 3.24. The zero-order chi connectivity index (χ0) is 16.2. The summed E-state index contributed by atoms with van der Waals surface area (Å²) in [5, 5.41) is 1.95. The van der Waals surface area contributed by atoms with Gasteiger partial charge in [-0.1, -0.05) is 18.2 Å². The van der Waals surface area contributed by atoms with Gasteiger partial charge in [-0.15, -0.1) is 28.3 Å². The van der Waals surface area contributed by atoms with Crippen LogP contribution >= 0.6 is 28.3 Å². The van der Waals surface area contributed by atoms with Gasteiger partial charge in [-0.2, -0.15) is 0 Å². The summed E-state index contributed by atoms with van der Waals surface area (Å²) in [4.78, 5) is 20.3. The third-order valence-corrected chi connectivity index (χ3v) is 5.08. The molecule has 3 rings (SSSR count).